The fourth-order valence-electron chi connectivity index (χ4n) is 2.43. The second-order valence-electron chi connectivity index (χ2n) is 5.90. The van der Waals surface area contributed by atoms with Gasteiger partial charge < -0.3 is 24.5 Å². The van der Waals surface area contributed by atoms with E-state index in [9.17, 15) is 0 Å². The van der Waals surface area contributed by atoms with Crippen molar-refractivity contribution in [2.24, 2.45) is 4.99 Å². The zero-order valence-corrected chi connectivity index (χ0v) is 18.6. The minimum Gasteiger partial charge on any atom is -0.491 e. The quantitative estimate of drug-likeness (QED) is 0.232. The highest BCUT2D eigenvalue weighted by Gasteiger charge is 2.05. The first-order chi connectivity index (χ1) is 12.7. The summed E-state index contributed by atoms with van der Waals surface area (Å²) in [5, 5.41) is 6.59. The molecular formula is C20H30IN3O3. The Morgan fingerprint density at radius 1 is 1.19 bits per heavy atom. The number of hydrogen-bond acceptors (Lipinski definition) is 4. The van der Waals surface area contributed by atoms with Crippen molar-refractivity contribution in [2.75, 3.05) is 33.4 Å². The fourth-order valence-corrected chi connectivity index (χ4v) is 2.43. The van der Waals surface area contributed by atoms with E-state index < -0.39 is 0 Å². The van der Waals surface area contributed by atoms with Gasteiger partial charge in [0, 0.05) is 32.2 Å². The zero-order chi connectivity index (χ0) is 18.6. The Morgan fingerprint density at radius 3 is 2.74 bits per heavy atom. The summed E-state index contributed by atoms with van der Waals surface area (Å²) in [6.07, 6.45) is 2.50. The molecule has 27 heavy (non-hydrogen) atoms. The highest BCUT2D eigenvalue weighted by Crippen LogP contribution is 2.21. The molecule has 0 bridgehead atoms. The Balaban J connectivity index is 0.00000364. The van der Waals surface area contributed by atoms with Gasteiger partial charge in [-0.15, -0.1) is 24.0 Å². The second kappa shape index (κ2) is 13.4. The Kier molecular flexibility index (Phi) is 11.6. The number of rotatable bonds is 10. The molecule has 0 fully saturated rings. The lowest BCUT2D eigenvalue weighted by Crippen LogP contribution is -2.38. The van der Waals surface area contributed by atoms with Crippen LogP contribution in [0, 0.1) is 6.92 Å². The fraction of sp³-hybridized carbons (Fsp3) is 0.450. The van der Waals surface area contributed by atoms with Crippen LogP contribution in [-0.2, 0) is 17.7 Å². The molecule has 0 aliphatic rings. The number of nitrogens with one attached hydrogen (secondary N) is 2. The topological polar surface area (TPSA) is 68.0 Å². The van der Waals surface area contributed by atoms with Crippen molar-refractivity contribution in [1.82, 2.24) is 10.6 Å². The van der Waals surface area contributed by atoms with Gasteiger partial charge in [0.25, 0.3) is 0 Å². The molecule has 1 aromatic heterocycles. The predicted molar refractivity (Wildman–Crippen MR) is 119 cm³/mol. The number of nitrogens with zero attached hydrogens (tertiary/aromatic N) is 1. The number of ether oxygens (including phenoxy) is 2. The van der Waals surface area contributed by atoms with Crippen LogP contribution < -0.4 is 15.4 Å². The van der Waals surface area contributed by atoms with Gasteiger partial charge in [0.1, 0.15) is 18.1 Å². The minimum atomic E-state index is 0. The van der Waals surface area contributed by atoms with Crippen molar-refractivity contribution >= 4 is 29.9 Å². The Labute approximate surface area is 178 Å². The summed E-state index contributed by atoms with van der Waals surface area (Å²) >= 11 is 0. The normalized spacial score (nSPS) is 11.0. The van der Waals surface area contributed by atoms with E-state index >= 15 is 0 Å². The van der Waals surface area contributed by atoms with Crippen LogP contribution in [0.5, 0.6) is 5.75 Å². The zero-order valence-electron chi connectivity index (χ0n) is 16.3. The third-order valence-electron chi connectivity index (χ3n) is 3.76. The second-order valence-corrected chi connectivity index (χ2v) is 5.90. The van der Waals surface area contributed by atoms with E-state index in [0.29, 0.717) is 19.8 Å². The molecule has 7 heteroatoms. The van der Waals surface area contributed by atoms with Crippen LogP contribution in [-0.4, -0.2) is 39.4 Å². The lowest BCUT2D eigenvalue weighted by molar-refractivity contribution is 0.145. The molecule has 0 aliphatic carbocycles. The van der Waals surface area contributed by atoms with Gasteiger partial charge in [0.15, 0.2) is 5.96 Å². The number of halogens is 1. The standard InChI is InChI=1S/C20H29N3O3.HI/c1-4-21-20(22-10-9-18-6-5-11-25-18)23-15-17-8-7-16(2)14-19(17)26-13-12-24-3;/h5-8,11,14H,4,9-10,12-13,15H2,1-3H3,(H2,21,22,23);1H. The summed E-state index contributed by atoms with van der Waals surface area (Å²) in [6, 6.07) is 10.1. The lowest BCUT2D eigenvalue weighted by atomic mass is 10.1. The summed E-state index contributed by atoms with van der Waals surface area (Å²) < 4.78 is 16.2. The first-order valence-corrected chi connectivity index (χ1v) is 8.98. The molecule has 150 valence electrons. The lowest BCUT2D eigenvalue weighted by Gasteiger charge is -2.13. The van der Waals surface area contributed by atoms with Crippen LogP contribution in [0.2, 0.25) is 0 Å². The molecule has 0 amide bonds. The van der Waals surface area contributed by atoms with Crippen LogP contribution in [0.15, 0.2) is 46.0 Å². The molecule has 0 spiro atoms. The molecule has 0 unspecified atom stereocenters. The number of furan rings is 1. The van der Waals surface area contributed by atoms with E-state index in [1.165, 1.54) is 0 Å². The molecule has 6 nitrogen and oxygen atoms in total. The van der Waals surface area contributed by atoms with Crippen molar-refractivity contribution in [3.8, 4) is 5.75 Å². The smallest absolute Gasteiger partial charge is 0.191 e. The number of aliphatic imine (C=N–C) groups is 1. The highest BCUT2D eigenvalue weighted by atomic mass is 127. The highest BCUT2D eigenvalue weighted by molar-refractivity contribution is 14.0. The van der Waals surface area contributed by atoms with E-state index in [0.717, 1.165) is 48.1 Å². The van der Waals surface area contributed by atoms with E-state index in [1.807, 2.05) is 18.2 Å². The number of hydrogen-bond donors (Lipinski definition) is 2. The monoisotopic (exact) mass is 487 g/mol. The van der Waals surface area contributed by atoms with Crippen LogP contribution >= 0.6 is 24.0 Å². The Bertz CT molecular complexity index is 675. The molecule has 0 radical (unpaired) electrons. The van der Waals surface area contributed by atoms with Crippen LogP contribution in [0.25, 0.3) is 0 Å². The maximum absolute atomic E-state index is 5.83. The van der Waals surface area contributed by atoms with Gasteiger partial charge in [-0.3, -0.25) is 0 Å². The van der Waals surface area contributed by atoms with Crippen LogP contribution in [0.1, 0.15) is 23.8 Å². The molecule has 0 aliphatic heterocycles. The third kappa shape index (κ3) is 8.66. The Hall–Kier alpha value is -1.74. The largest absolute Gasteiger partial charge is 0.491 e. The van der Waals surface area contributed by atoms with Gasteiger partial charge in [-0.1, -0.05) is 12.1 Å². The van der Waals surface area contributed by atoms with Crippen LogP contribution in [0.3, 0.4) is 0 Å². The van der Waals surface area contributed by atoms with Crippen LogP contribution in [0.4, 0.5) is 0 Å². The van der Waals surface area contributed by atoms with Crippen molar-refractivity contribution < 1.29 is 13.9 Å². The molecule has 2 N–H and O–H groups in total. The van der Waals surface area contributed by atoms with Crippen molar-refractivity contribution in [2.45, 2.75) is 26.8 Å². The van der Waals surface area contributed by atoms with Gasteiger partial charge in [-0.2, -0.15) is 0 Å². The maximum Gasteiger partial charge on any atom is 0.191 e. The van der Waals surface area contributed by atoms with Gasteiger partial charge in [-0.25, -0.2) is 4.99 Å². The first-order valence-electron chi connectivity index (χ1n) is 8.98. The van der Waals surface area contributed by atoms with Gasteiger partial charge in [0.2, 0.25) is 0 Å². The average Bonchev–Trinajstić information content (AvgIpc) is 3.14. The van der Waals surface area contributed by atoms with Gasteiger partial charge in [0.05, 0.1) is 19.4 Å². The molecule has 0 saturated heterocycles. The molecule has 2 rings (SSSR count). The minimum absolute atomic E-state index is 0. The number of guanidine groups is 1. The van der Waals surface area contributed by atoms with Gasteiger partial charge in [-0.05, 0) is 37.6 Å². The Morgan fingerprint density at radius 2 is 2.04 bits per heavy atom. The molecule has 0 saturated carbocycles. The van der Waals surface area contributed by atoms with E-state index in [1.54, 1.807) is 13.4 Å². The van der Waals surface area contributed by atoms with Crippen molar-refractivity contribution in [1.29, 1.82) is 0 Å². The summed E-state index contributed by atoms with van der Waals surface area (Å²) in [5.41, 5.74) is 2.21. The van der Waals surface area contributed by atoms with E-state index in [-0.39, 0.29) is 24.0 Å². The molecule has 0 atom stereocenters. The van der Waals surface area contributed by atoms with E-state index in [4.69, 9.17) is 13.9 Å². The number of aryl methyl sites for hydroxylation is 1. The predicted octanol–water partition coefficient (Wildman–Crippen LogP) is 3.53. The van der Waals surface area contributed by atoms with E-state index in [2.05, 4.69) is 41.6 Å². The average molecular weight is 487 g/mol. The summed E-state index contributed by atoms with van der Waals surface area (Å²) in [5.74, 6) is 2.60. The van der Waals surface area contributed by atoms with Gasteiger partial charge >= 0.3 is 0 Å². The molecule has 1 heterocycles. The number of methoxy groups -OCH3 is 1. The summed E-state index contributed by atoms with van der Waals surface area (Å²) in [6.45, 7) is 7.29. The molecule has 1 aromatic carbocycles. The third-order valence-corrected chi connectivity index (χ3v) is 3.76. The van der Waals surface area contributed by atoms with Crippen molar-refractivity contribution in [3.05, 3.63) is 53.5 Å². The molecule has 2 aromatic rings. The number of benzene rings is 1. The maximum atomic E-state index is 5.83. The van der Waals surface area contributed by atoms with Crippen molar-refractivity contribution in [3.63, 3.8) is 0 Å². The SMILES string of the molecule is CCNC(=NCc1ccc(C)cc1OCCOC)NCCc1ccco1.I. The summed E-state index contributed by atoms with van der Waals surface area (Å²) in [7, 11) is 1.67. The summed E-state index contributed by atoms with van der Waals surface area (Å²) in [4.78, 5) is 4.67. The first kappa shape index (κ1) is 23.3. The molecular weight excluding hydrogens is 457 g/mol.